The molecule has 0 aliphatic carbocycles. The highest BCUT2D eigenvalue weighted by Crippen LogP contribution is 2.34. The lowest BCUT2D eigenvalue weighted by Gasteiger charge is -2.14. The molecular weight excluding hydrogens is 452 g/mol. The number of methoxy groups -OCH3 is 1. The lowest BCUT2D eigenvalue weighted by atomic mass is 9.96. The van der Waals surface area contributed by atoms with Gasteiger partial charge in [-0.25, -0.2) is 0 Å². The van der Waals surface area contributed by atoms with E-state index in [2.05, 4.69) is 10.3 Å². The van der Waals surface area contributed by atoms with Gasteiger partial charge in [0, 0.05) is 37.5 Å². The second kappa shape index (κ2) is 10.8. The van der Waals surface area contributed by atoms with E-state index in [4.69, 9.17) is 10.5 Å². The lowest BCUT2D eigenvalue weighted by Crippen LogP contribution is -2.26. The van der Waals surface area contributed by atoms with Crippen molar-refractivity contribution < 1.29 is 14.3 Å². The van der Waals surface area contributed by atoms with Crippen LogP contribution in [-0.2, 0) is 6.42 Å². The number of H-pyrrole nitrogens is 1. The van der Waals surface area contributed by atoms with Gasteiger partial charge in [-0.2, -0.15) is 0 Å². The van der Waals surface area contributed by atoms with Gasteiger partial charge in [0.2, 0.25) is 5.78 Å². The third-order valence-corrected chi connectivity index (χ3v) is 6.05. The van der Waals surface area contributed by atoms with E-state index in [9.17, 15) is 9.59 Å². The molecule has 1 aromatic heterocycles. The van der Waals surface area contributed by atoms with Crippen LogP contribution in [0.25, 0.3) is 11.1 Å². The number of hydrogen-bond acceptors (Lipinski definition) is 5. The molecule has 0 aliphatic rings. The van der Waals surface area contributed by atoms with Gasteiger partial charge >= 0.3 is 0 Å². The number of anilines is 2. The molecule has 0 fully saturated rings. The van der Waals surface area contributed by atoms with Gasteiger partial charge in [0.25, 0.3) is 5.91 Å². The van der Waals surface area contributed by atoms with E-state index in [0.29, 0.717) is 24.1 Å². The number of ketones is 1. The second-order valence-corrected chi connectivity index (χ2v) is 8.65. The highest BCUT2D eigenvalue weighted by atomic mass is 16.5. The van der Waals surface area contributed by atoms with Crippen LogP contribution in [0, 0.1) is 0 Å². The molecule has 184 valence electrons. The largest absolute Gasteiger partial charge is 0.497 e. The molecule has 1 heterocycles. The Labute approximate surface area is 210 Å². The highest BCUT2D eigenvalue weighted by molar-refractivity contribution is 6.17. The number of hydrogen-bond donors (Lipinski definition) is 3. The van der Waals surface area contributed by atoms with Gasteiger partial charge in [0.05, 0.1) is 18.4 Å². The molecule has 0 saturated carbocycles. The molecule has 7 nitrogen and oxygen atoms in total. The van der Waals surface area contributed by atoms with Crippen molar-refractivity contribution in [3.63, 3.8) is 0 Å². The Bertz CT molecular complexity index is 1340. The summed E-state index contributed by atoms with van der Waals surface area (Å²) in [5.41, 5.74) is 10.7. The molecule has 0 bridgehead atoms. The smallest absolute Gasteiger partial charge is 0.255 e. The van der Waals surface area contributed by atoms with E-state index in [1.54, 1.807) is 31.4 Å². The van der Waals surface area contributed by atoms with Crippen LogP contribution in [0.15, 0.2) is 78.9 Å². The normalized spacial score (nSPS) is 10.6. The molecule has 3 aromatic carbocycles. The van der Waals surface area contributed by atoms with Crippen LogP contribution in [-0.4, -0.2) is 44.4 Å². The van der Waals surface area contributed by atoms with E-state index in [1.807, 2.05) is 73.6 Å². The number of aromatic amines is 1. The maximum Gasteiger partial charge on any atom is 0.255 e. The summed E-state index contributed by atoms with van der Waals surface area (Å²) < 4.78 is 5.19. The molecule has 0 saturated heterocycles. The van der Waals surface area contributed by atoms with Crippen LogP contribution in [0.3, 0.4) is 0 Å². The van der Waals surface area contributed by atoms with E-state index >= 15 is 0 Å². The Kier molecular flexibility index (Phi) is 7.39. The molecule has 36 heavy (non-hydrogen) atoms. The first-order valence-corrected chi connectivity index (χ1v) is 11.7. The van der Waals surface area contributed by atoms with Gasteiger partial charge in [0.1, 0.15) is 11.6 Å². The monoisotopic (exact) mass is 482 g/mol. The van der Waals surface area contributed by atoms with Crippen LogP contribution in [0.2, 0.25) is 0 Å². The molecule has 0 aliphatic heterocycles. The molecule has 1 amide bonds. The van der Waals surface area contributed by atoms with Gasteiger partial charge in [-0.1, -0.05) is 54.6 Å². The summed E-state index contributed by atoms with van der Waals surface area (Å²) in [4.78, 5) is 31.7. The Balaban J connectivity index is 1.66. The number of carbonyl (C=O) groups is 2. The maximum atomic E-state index is 13.4. The summed E-state index contributed by atoms with van der Waals surface area (Å²) in [7, 11) is 5.53. The average Bonchev–Trinajstić information content (AvgIpc) is 3.26. The molecule has 0 spiro atoms. The Morgan fingerprint density at radius 3 is 2.22 bits per heavy atom. The number of nitrogen functional groups attached to an aromatic ring is 1. The summed E-state index contributed by atoms with van der Waals surface area (Å²) in [5, 5.41) is 2.96. The minimum atomic E-state index is -0.337. The number of ether oxygens (including phenoxy) is 1. The fraction of sp³-hybridized carbons (Fsp3) is 0.172. The number of rotatable bonds is 9. The standard InChI is InChI=1S/C29H30N4O3/c1-33(2)22-13-11-20(12-14-22)24-25(28(30)32-26(24)27(34)21-7-5-4-6-8-21)29(35)31-18-17-19-9-15-23(36-3)16-10-19/h4-16,32H,17-18,30H2,1-3H3,(H,31,35). The Hall–Kier alpha value is -4.52. The molecule has 7 heteroatoms. The molecule has 4 aromatic rings. The summed E-state index contributed by atoms with van der Waals surface area (Å²) in [6.07, 6.45) is 0.642. The zero-order chi connectivity index (χ0) is 25.7. The second-order valence-electron chi connectivity index (χ2n) is 8.65. The fourth-order valence-electron chi connectivity index (χ4n) is 4.08. The van der Waals surface area contributed by atoms with Gasteiger partial charge in [-0.05, 0) is 41.8 Å². The van der Waals surface area contributed by atoms with Crippen molar-refractivity contribution in [2.45, 2.75) is 6.42 Å². The first kappa shape index (κ1) is 24.6. The van der Waals surface area contributed by atoms with Crippen molar-refractivity contribution in [2.75, 3.05) is 38.4 Å². The predicted octanol–water partition coefficient (Wildman–Crippen LogP) is 4.54. The lowest BCUT2D eigenvalue weighted by molar-refractivity contribution is 0.0955. The van der Waals surface area contributed by atoms with E-state index in [0.717, 1.165) is 22.6 Å². The van der Waals surface area contributed by atoms with Gasteiger partial charge in [0.15, 0.2) is 0 Å². The number of carbonyl (C=O) groups excluding carboxylic acids is 2. The quantitative estimate of drug-likeness (QED) is 0.304. The van der Waals surface area contributed by atoms with Crippen LogP contribution < -0.4 is 20.7 Å². The number of nitrogens with zero attached hydrogens (tertiary/aromatic N) is 1. The van der Waals surface area contributed by atoms with Crippen LogP contribution in [0.4, 0.5) is 11.5 Å². The first-order valence-electron chi connectivity index (χ1n) is 11.7. The summed E-state index contributed by atoms with van der Waals surface area (Å²) in [6, 6.07) is 24.3. The molecule has 4 rings (SSSR count). The minimum absolute atomic E-state index is 0.155. The van der Waals surface area contributed by atoms with Gasteiger partial charge < -0.3 is 25.7 Å². The van der Waals surface area contributed by atoms with Crippen LogP contribution >= 0.6 is 0 Å². The van der Waals surface area contributed by atoms with Crippen molar-refractivity contribution in [2.24, 2.45) is 0 Å². The molecule has 0 radical (unpaired) electrons. The number of amides is 1. The highest BCUT2D eigenvalue weighted by Gasteiger charge is 2.27. The van der Waals surface area contributed by atoms with Crippen molar-refractivity contribution in [3.05, 3.63) is 101 Å². The topological polar surface area (TPSA) is 100 Å². The van der Waals surface area contributed by atoms with E-state index < -0.39 is 0 Å². The number of benzene rings is 3. The fourth-order valence-corrected chi connectivity index (χ4v) is 4.08. The third kappa shape index (κ3) is 5.25. The number of nitrogens with one attached hydrogen (secondary N) is 2. The maximum absolute atomic E-state index is 13.4. The SMILES string of the molecule is COc1ccc(CCNC(=O)c2c(N)[nH]c(C(=O)c3ccccc3)c2-c2ccc(N(C)C)cc2)cc1. The van der Waals surface area contributed by atoms with Gasteiger partial charge in [-0.15, -0.1) is 0 Å². The molecule has 4 N–H and O–H groups in total. The summed E-state index contributed by atoms with van der Waals surface area (Å²) in [5.74, 6) is 0.369. The van der Waals surface area contributed by atoms with Gasteiger partial charge in [-0.3, -0.25) is 9.59 Å². The van der Waals surface area contributed by atoms with Crippen molar-refractivity contribution in [3.8, 4) is 16.9 Å². The summed E-state index contributed by atoms with van der Waals surface area (Å²) >= 11 is 0. The molecule has 0 unspecified atom stereocenters. The zero-order valence-corrected chi connectivity index (χ0v) is 20.7. The Morgan fingerprint density at radius 1 is 0.944 bits per heavy atom. The Morgan fingerprint density at radius 2 is 1.61 bits per heavy atom. The average molecular weight is 483 g/mol. The number of nitrogens with two attached hydrogens (primary N) is 1. The van der Waals surface area contributed by atoms with Crippen molar-refractivity contribution in [1.82, 2.24) is 10.3 Å². The minimum Gasteiger partial charge on any atom is -0.497 e. The molecular formula is C29H30N4O3. The van der Waals surface area contributed by atoms with E-state index in [-0.39, 0.29) is 28.8 Å². The predicted molar refractivity (Wildman–Crippen MR) is 144 cm³/mol. The summed E-state index contributed by atoms with van der Waals surface area (Å²) in [6.45, 7) is 0.413. The number of aromatic nitrogens is 1. The zero-order valence-electron chi connectivity index (χ0n) is 20.7. The molecule has 0 atom stereocenters. The van der Waals surface area contributed by atoms with E-state index in [1.165, 1.54) is 0 Å². The van der Waals surface area contributed by atoms with Crippen LogP contribution in [0.1, 0.15) is 32.0 Å². The van der Waals surface area contributed by atoms with Crippen molar-refractivity contribution in [1.29, 1.82) is 0 Å². The third-order valence-electron chi connectivity index (χ3n) is 6.05. The van der Waals surface area contributed by atoms with Crippen LogP contribution in [0.5, 0.6) is 5.75 Å². The van der Waals surface area contributed by atoms with Crippen molar-refractivity contribution >= 4 is 23.2 Å². The first-order chi connectivity index (χ1) is 17.4.